The Morgan fingerprint density at radius 2 is 1.16 bits per heavy atom. The number of hydrogen-bond donors (Lipinski definition) is 0. The highest BCUT2D eigenvalue weighted by molar-refractivity contribution is 7.57. The predicted molar refractivity (Wildman–Crippen MR) is 164 cm³/mol. The van der Waals surface area contributed by atoms with Crippen LogP contribution in [0, 0.1) is 0 Å². The molecule has 0 spiro atoms. The van der Waals surface area contributed by atoms with Gasteiger partial charge in [-0.25, -0.2) is 0 Å². The van der Waals surface area contributed by atoms with Crippen molar-refractivity contribution >= 4 is 24.5 Å². The molecule has 0 saturated heterocycles. The summed E-state index contributed by atoms with van der Waals surface area (Å²) < 4.78 is 14.2. The Balaban J connectivity index is 1.83. The van der Waals surface area contributed by atoms with Gasteiger partial charge in [0.15, 0.2) is 0 Å². The third kappa shape index (κ3) is 5.08. The van der Waals surface area contributed by atoms with E-state index >= 15 is 0 Å². The Morgan fingerprint density at radius 3 is 1.66 bits per heavy atom. The third-order valence-electron chi connectivity index (χ3n) is 7.58. The van der Waals surface area contributed by atoms with Crippen LogP contribution in [0.5, 0.6) is 11.5 Å². The van der Waals surface area contributed by atoms with Crippen molar-refractivity contribution in [2.45, 2.75) is 85.5 Å². The lowest BCUT2D eigenvalue weighted by Crippen LogP contribution is -2.21. The molecule has 5 rings (SSSR count). The molecule has 2 nitrogen and oxygen atoms in total. The molecular formula is C35H41O2P. The van der Waals surface area contributed by atoms with Gasteiger partial charge in [0.1, 0.15) is 11.5 Å². The summed E-state index contributed by atoms with van der Waals surface area (Å²) in [6.07, 6.45) is 2.80. The second-order valence-corrected chi connectivity index (χ2v) is 13.9. The number of hydrogen-bond acceptors (Lipinski definition) is 2. The van der Waals surface area contributed by atoms with E-state index < -0.39 is 8.38 Å². The SMILES string of the molecule is CCc1cc2c(c(C(C)(C)C)c1)OP(c1cccc3ccccc13)Oc1c(cc(CC)cc1C(C)(C)C)C2. The molecular weight excluding hydrogens is 483 g/mol. The van der Waals surface area contributed by atoms with Crippen LogP contribution in [-0.4, -0.2) is 0 Å². The molecule has 0 amide bonds. The Bertz CT molecular complexity index is 1410. The Labute approximate surface area is 230 Å². The van der Waals surface area contributed by atoms with E-state index in [0.29, 0.717) is 0 Å². The lowest BCUT2D eigenvalue weighted by atomic mass is 9.81. The third-order valence-corrected chi connectivity index (χ3v) is 9.06. The molecule has 0 radical (unpaired) electrons. The van der Waals surface area contributed by atoms with Crippen molar-refractivity contribution in [3.63, 3.8) is 0 Å². The van der Waals surface area contributed by atoms with Crippen molar-refractivity contribution in [1.29, 1.82) is 0 Å². The lowest BCUT2D eigenvalue weighted by Gasteiger charge is -2.33. The number of benzene rings is 4. The van der Waals surface area contributed by atoms with Crippen LogP contribution in [0.3, 0.4) is 0 Å². The van der Waals surface area contributed by atoms with Gasteiger partial charge in [0.05, 0.1) is 5.30 Å². The lowest BCUT2D eigenvalue weighted by molar-refractivity contribution is 0.457. The van der Waals surface area contributed by atoms with Crippen molar-refractivity contribution in [2.75, 3.05) is 0 Å². The largest absolute Gasteiger partial charge is 0.435 e. The number of rotatable bonds is 3. The number of aryl methyl sites for hydroxylation is 2. The summed E-state index contributed by atoms with van der Waals surface area (Å²) in [4.78, 5) is 0. The van der Waals surface area contributed by atoms with Gasteiger partial charge >= 0.3 is 8.38 Å². The fourth-order valence-electron chi connectivity index (χ4n) is 5.37. The van der Waals surface area contributed by atoms with Gasteiger partial charge in [-0.15, -0.1) is 0 Å². The summed E-state index contributed by atoms with van der Waals surface area (Å²) in [5.74, 6) is 2.00. The van der Waals surface area contributed by atoms with E-state index in [1.807, 2.05) is 0 Å². The molecule has 0 aromatic heterocycles. The van der Waals surface area contributed by atoms with Crippen LogP contribution >= 0.6 is 8.38 Å². The highest BCUT2D eigenvalue weighted by atomic mass is 31.2. The minimum absolute atomic E-state index is 0.0567. The molecule has 0 unspecified atom stereocenters. The average Bonchev–Trinajstić information content (AvgIpc) is 2.86. The first-order valence-electron chi connectivity index (χ1n) is 14.0. The zero-order valence-corrected chi connectivity index (χ0v) is 25.1. The monoisotopic (exact) mass is 524 g/mol. The van der Waals surface area contributed by atoms with Crippen molar-refractivity contribution in [2.24, 2.45) is 0 Å². The predicted octanol–water partition coefficient (Wildman–Crippen LogP) is 9.56. The molecule has 1 aliphatic rings. The summed E-state index contributed by atoms with van der Waals surface area (Å²) in [5, 5.41) is 3.52. The van der Waals surface area contributed by atoms with Gasteiger partial charge in [0.25, 0.3) is 0 Å². The topological polar surface area (TPSA) is 18.5 Å². The molecule has 1 aliphatic heterocycles. The summed E-state index contributed by atoms with van der Waals surface area (Å²) >= 11 is 0. The van der Waals surface area contributed by atoms with Gasteiger partial charge in [0, 0.05) is 17.5 Å². The van der Waals surface area contributed by atoms with Crippen LogP contribution in [-0.2, 0) is 30.1 Å². The van der Waals surface area contributed by atoms with Crippen LogP contribution < -0.4 is 14.4 Å². The van der Waals surface area contributed by atoms with E-state index in [0.717, 1.165) is 36.1 Å². The minimum Gasteiger partial charge on any atom is -0.435 e. The molecule has 4 aromatic rings. The maximum Gasteiger partial charge on any atom is 0.326 e. The van der Waals surface area contributed by atoms with Crippen molar-refractivity contribution in [3.05, 3.63) is 100 Å². The van der Waals surface area contributed by atoms with E-state index in [1.165, 1.54) is 44.2 Å². The molecule has 198 valence electrons. The molecule has 0 aliphatic carbocycles. The fraction of sp³-hybridized carbons (Fsp3) is 0.371. The molecule has 3 heteroatoms. The van der Waals surface area contributed by atoms with Gasteiger partial charge in [-0.2, -0.15) is 0 Å². The summed E-state index contributed by atoms with van der Waals surface area (Å²) in [6, 6.07) is 24.5. The molecule has 0 atom stereocenters. The van der Waals surface area contributed by atoms with E-state index in [2.05, 4.69) is 122 Å². The molecule has 0 bridgehead atoms. The first-order chi connectivity index (χ1) is 18.0. The van der Waals surface area contributed by atoms with Crippen LogP contribution in [0.1, 0.15) is 88.8 Å². The van der Waals surface area contributed by atoms with Gasteiger partial charge in [-0.1, -0.05) is 116 Å². The van der Waals surface area contributed by atoms with Gasteiger partial charge in [-0.3, -0.25) is 0 Å². The smallest absolute Gasteiger partial charge is 0.326 e. The van der Waals surface area contributed by atoms with Crippen LogP contribution in [0.25, 0.3) is 10.8 Å². The second kappa shape index (κ2) is 10.0. The normalized spacial score (nSPS) is 14.2. The van der Waals surface area contributed by atoms with Gasteiger partial charge in [0.2, 0.25) is 0 Å². The van der Waals surface area contributed by atoms with E-state index in [1.54, 1.807) is 0 Å². The molecule has 38 heavy (non-hydrogen) atoms. The highest BCUT2D eigenvalue weighted by Crippen LogP contribution is 2.52. The van der Waals surface area contributed by atoms with Crippen molar-refractivity contribution in [1.82, 2.24) is 0 Å². The Hall–Kier alpha value is -2.83. The summed E-state index contributed by atoms with van der Waals surface area (Å²) in [5.41, 5.74) is 7.65. The second-order valence-electron chi connectivity index (χ2n) is 12.6. The average molecular weight is 525 g/mol. The van der Waals surface area contributed by atoms with Crippen molar-refractivity contribution < 1.29 is 9.05 Å². The molecule has 0 saturated carbocycles. The first kappa shape index (κ1) is 26.8. The van der Waals surface area contributed by atoms with Crippen molar-refractivity contribution in [3.8, 4) is 11.5 Å². The van der Waals surface area contributed by atoms with Crippen LogP contribution in [0.15, 0.2) is 66.7 Å². The zero-order valence-electron chi connectivity index (χ0n) is 24.2. The van der Waals surface area contributed by atoms with E-state index in [9.17, 15) is 0 Å². The summed E-state index contributed by atoms with van der Waals surface area (Å²) in [7, 11) is -1.44. The zero-order chi connectivity index (χ0) is 27.2. The molecule has 1 heterocycles. The maximum absolute atomic E-state index is 7.11. The maximum atomic E-state index is 7.11. The number of fused-ring (bicyclic) bond motifs is 3. The fourth-order valence-corrected chi connectivity index (χ4v) is 6.97. The quantitative estimate of drug-likeness (QED) is 0.248. The minimum atomic E-state index is -1.44. The highest BCUT2D eigenvalue weighted by Gasteiger charge is 2.33. The van der Waals surface area contributed by atoms with Gasteiger partial charge in [-0.05, 0) is 62.8 Å². The Morgan fingerprint density at radius 1 is 0.658 bits per heavy atom. The van der Waals surface area contributed by atoms with E-state index in [-0.39, 0.29) is 10.8 Å². The molecule has 4 aromatic carbocycles. The summed E-state index contributed by atoms with van der Waals surface area (Å²) in [6.45, 7) is 18.2. The van der Waals surface area contributed by atoms with E-state index in [4.69, 9.17) is 9.05 Å². The van der Waals surface area contributed by atoms with Gasteiger partial charge < -0.3 is 9.05 Å². The standard InChI is InChI=1S/C35H41O2P/c1-9-23-18-26-22-27-19-24(10-2)21-30(35(6,7)8)33(27)37-38(36-32(26)29(20-23)34(3,4)5)31-17-13-15-25-14-11-12-16-28(25)31/h11-21H,9-10,22H2,1-8H3. The van der Waals surface area contributed by atoms with Crippen LogP contribution in [0.4, 0.5) is 0 Å². The Kier molecular flexibility index (Phi) is 7.08. The van der Waals surface area contributed by atoms with Crippen LogP contribution in [0.2, 0.25) is 0 Å². The first-order valence-corrected chi connectivity index (χ1v) is 15.1. The molecule has 0 fully saturated rings. The molecule has 0 N–H and O–H groups in total.